The second kappa shape index (κ2) is 13.5. The number of rotatable bonds is 14. The number of ether oxygens (including phenoxy) is 1. The molecule has 234 valence electrons. The Bertz CT molecular complexity index is 1610. The molecule has 4 rings (SSSR count). The Morgan fingerprint density at radius 2 is 1.73 bits per heavy atom. The lowest BCUT2D eigenvalue weighted by atomic mass is 9.76. The quantitative estimate of drug-likeness (QED) is 0.0907. The van der Waals surface area contributed by atoms with Crippen molar-refractivity contribution in [2.75, 3.05) is 13.2 Å². The number of carbonyl (C=O) groups is 1. The van der Waals surface area contributed by atoms with Gasteiger partial charge in [0.2, 0.25) is 0 Å². The number of nitrogens with one attached hydrogen (secondary N) is 1. The highest BCUT2D eigenvalue weighted by Gasteiger charge is 2.27. The summed E-state index contributed by atoms with van der Waals surface area (Å²) in [5.41, 5.74) is 4.75. The number of benzene rings is 2. The van der Waals surface area contributed by atoms with Gasteiger partial charge in [-0.1, -0.05) is 59.7 Å². The van der Waals surface area contributed by atoms with Gasteiger partial charge in [-0.3, -0.25) is 14.9 Å². The fourth-order valence-electron chi connectivity index (χ4n) is 5.03. The van der Waals surface area contributed by atoms with Crippen LogP contribution in [0.4, 0.5) is 5.69 Å². The molecule has 0 atom stereocenters. The predicted molar refractivity (Wildman–Crippen MR) is 175 cm³/mol. The summed E-state index contributed by atoms with van der Waals surface area (Å²) in [6.07, 6.45) is 5.46. The molecule has 9 nitrogen and oxygen atoms in total. The zero-order valence-corrected chi connectivity index (χ0v) is 27.0. The second-order valence-electron chi connectivity index (χ2n) is 12.6. The Kier molecular flexibility index (Phi) is 9.97. The van der Waals surface area contributed by atoms with Crippen LogP contribution in [-0.4, -0.2) is 38.3 Å². The van der Waals surface area contributed by atoms with Crippen LogP contribution < -0.4 is 10.1 Å². The molecule has 0 saturated heterocycles. The van der Waals surface area contributed by atoms with Gasteiger partial charge in [0.05, 0.1) is 22.9 Å². The van der Waals surface area contributed by atoms with Crippen molar-refractivity contribution in [1.82, 2.24) is 19.7 Å². The molecule has 0 aliphatic carbocycles. The van der Waals surface area contributed by atoms with Gasteiger partial charge < -0.3 is 14.6 Å². The molecule has 0 aliphatic rings. The Balaban J connectivity index is 1.42. The number of unbranched alkanes of at least 4 members (excludes halogenated alkanes) is 1. The maximum Gasteiger partial charge on any atom is 0.271 e. The fourth-order valence-corrected chi connectivity index (χ4v) is 5.03. The van der Waals surface area contributed by atoms with E-state index in [2.05, 4.69) is 70.2 Å². The monoisotopic (exact) mass is 599 g/mol. The van der Waals surface area contributed by atoms with E-state index in [4.69, 9.17) is 4.74 Å². The number of nitro benzene ring substituents is 1. The number of nitrogens with zero attached hydrogens (tertiary/aromatic N) is 4. The number of hydrogen-bond acceptors (Lipinski definition) is 5. The van der Waals surface area contributed by atoms with Crippen LogP contribution in [0, 0.1) is 10.1 Å². The molecule has 0 fully saturated rings. The molecule has 1 N–H and O–H groups in total. The zero-order chi connectivity index (χ0) is 32.1. The molecule has 0 spiro atoms. The Labute approximate surface area is 260 Å². The number of nitro groups is 1. The van der Waals surface area contributed by atoms with Crippen LogP contribution in [0.5, 0.6) is 5.75 Å². The third-order valence-electron chi connectivity index (χ3n) is 8.81. The number of carbonyl (C=O) groups excluding carboxylic acids is 1. The van der Waals surface area contributed by atoms with E-state index in [1.54, 1.807) is 18.2 Å². The molecule has 0 radical (unpaired) electrons. The summed E-state index contributed by atoms with van der Waals surface area (Å²) in [5.74, 6) is 0.622. The van der Waals surface area contributed by atoms with E-state index in [0.29, 0.717) is 30.2 Å². The van der Waals surface area contributed by atoms with Crippen LogP contribution >= 0.6 is 0 Å². The van der Waals surface area contributed by atoms with Gasteiger partial charge in [-0.15, -0.1) is 0 Å². The van der Waals surface area contributed by atoms with Gasteiger partial charge in [0.1, 0.15) is 17.1 Å². The third-order valence-corrected chi connectivity index (χ3v) is 8.81. The SMILES string of the molecule is CCC(C)(C)c1ccc(OCCCCNC(=O)c2cc(-c3cccn3C)nn2-c2cccc([N+](=O)[O-])c2)c(C(C)(C)CC)c1. The number of aromatic nitrogens is 3. The van der Waals surface area contributed by atoms with Gasteiger partial charge in [0.15, 0.2) is 0 Å². The van der Waals surface area contributed by atoms with E-state index in [1.165, 1.54) is 27.9 Å². The molecule has 0 bridgehead atoms. The van der Waals surface area contributed by atoms with E-state index in [0.717, 1.165) is 37.1 Å². The Morgan fingerprint density at radius 3 is 2.39 bits per heavy atom. The van der Waals surface area contributed by atoms with Crippen molar-refractivity contribution in [3.63, 3.8) is 0 Å². The number of amides is 1. The molecule has 0 saturated carbocycles. The first-order valence-electron chi connectivity index (χ1n) is 15.4. The van der Waals surface area contributed by atoms with Gasteiger partial charge in [0.25, 0.3) is 11.6 Å². The number of aryl methyl sites for hydroxylation is 1. The van der Waals surface area contributed by atoms with Crippen LogP contribution in [0.2, 0.25) is 0 Å². The summed E-state index contributed by atoms with van der Waals surface area (Å²) >= 11 is 0. The van der Waals surface area contributed by atoms with Crippen molar-refractivity contribution in [3.8, 4) is 22.8 Å². The highest BCUT2D eigenvalue weighted by atomic mass is 16.6. The van der Waals surface area contributed by atoms with Crippen LogP contribution in [0.3, 0.4) is 0 Å². The number of hydrogen-bond donors (Lipinski definition) is 1. The lowest BCUT2D eigenvalue weighted by molar-refractivity contribution is -0.384. The molecule has 2 aromatic carbocycles. The largest absolute Gasteiger partial charge is 0.493 e. The minimum Gasteiger partial charge on any atom is -0.493 e. The maximum absolute atomic E-state index is 13.4. The smallest absolute Gasteiger partial charge is 0.271 e. The summed E-state index contributed by atoms with van der Waals surface area (Å²) in [5, 5.41) is 19.0. The highest BCUT2D eigenvalue weighted by molar-refractivity contribution is 5.94. The molecule has 44 heavy (non-hydrogen) atoms. The van der Waals surface area contributed by atoms with E-state index in [9.17, 15) is 14.9 Å². The molecule has 0 unspecified atom stereocenters. The van der Waals surface area contributed by atoms with Crippen molar-refractivity contribution in [2.24, 2.45) is 7.05 Å². The zero-order valence-electron chi connectivity index (χ0n) is 27.0. The van der Waals surface area contributed by atoms with Gasteiger partial charge in [-0.05, 0) is 72.4 Å². The minimum absolute atomic E-state index is 0.0104. The van der Waals surface area contributed by atoms with Crippen molar-refractivity contribution >= 4 is 11.6 Å². The molecule has 2 aromatic heterocycles. The molecule has 2 heterocycles. The van der Waals surface area contributed by atoms with E-state index < -0.39 is 4.92 Å². The highest BCUT2D eigenvalue weighted by Crippen LogP contribution is 2.38. The van der Waals surface area contributed by atoms with Crippen molar-refractivity contribution in [2.45, 2.75) is 78.1 Å². The Hall–Kier alpha value is -4.40. The first-order valence-corrected chi connectivity index (χ1v) is 15.4. The summed E-state index contributed by atoms with van der Waals surface area (Å²) in [6, 6.07) is 18.3. The summed E-state index contributed by atoms with van der Waals surface area (Å²) in [6.45, 7) is 14.5. The summed E-state index contributed by atoms with van der Waals surface area (Å²) < 4.78 is 9.67. The summed E-state index contributed by atoms with van der Waals surface area (Å²) in [7, 11) is 1.90. The van der Waals surface area contributed by atoms with Crippen LogP contribution in [-0.2, 0) is 17.9 Å². The minimum atomic E-state index is -0.459. The third kappa shape index (κ3) is 7.21. The van der Waals surface area contributed by atoms with E-state index in [1.807, 2.05) is 29.9 Å². The van der Waals surface area contributed by atoms with Crippen molar-refractivity contribution in [3.05, 3.63) is 93.8 Å². The van der Waals surface area contributed by atoms with E-state index in [-0.39, 0.29) is 22.4 Å². The van der Waals surface area contributed by atoms with Crippen LogP contribution in [0.1, 0.15) is 88.8 Å². The molecular formula is C35H45N5O4. The van der Waals surface area contributed by atoms with Crippen molar-refractivity contribution < 1.29 is 14.5 Å². The van der Waals surface area contributed by atoms with Crippen LogP contribution in [0.25, 0.3) is 17.1 Å². The van der Waals surface area contributed by atoms with Gasteiger partial charge in [-0.2, -0.15) is 5.10 Å². The van der Waals surface area contributed by atoms with Crippen LogP contribution in [0.15, 0.2) is 66.9 Å². The lowest BCUT2D eigenvalue weighted by Gasteiger charge is -2.30. The molecule has 0 aliphatic heterocycles. The Morgan fingerprint density at radius 1 is 0.977 bits per heavy atom. The normalized spacial score (nSPS) is 11.9. The van der Waals surface area contributed by atoms with E-state index >= 15 is 0 Å². The first kappa shape index (κ1) is 32.5. The molecule has 1 amide bonds. The predicted octanol–water partition coefficient (Wildman–Crippen LogP) is 7.75. The standard InChI is InChI=1S/C35H45N5O4/c1-8-34(3,4)25-17-18-32(28(22-25)35(5,6)9-2)44-21-11-10-19-36-33(41)31-24-29(30-16-13-20-38(30)7)37-39(31)26-14-12-15-27(23-26)40(42)43/h12-18,20,22-24H,8-11,19,21H2,1-7H3,(H,36,41). The molecule has 9 heteroatoms. The van der Waals surface area contributed by atoms with Gasteiger partial charge in [-0.25, -0.2) is 4.68 Å². The molecular weight excluding hydrogens is 554 g/mol. The number of non-ortho nitro benzene ring substituents is 1. The molecule has 4 aromatic rings. The van der Waals surface area contributed by atoms with Gasteiger partial charge in [0, 0.05) is 37.5 Å². The first-order chi connectivity index (χ1) is 20.9. The fraction of sp³-hybridized carbons (Fsp3) is 0.429. The second-order valence-corrected chi connectivity index (χ2v) is 12.6. The average molecular weight is 600 g/mol. The summed E-state index contributed by atoms with van der Waals surface area (Å²) in [4.78, 5) is 24.3. The topological polar surface area (TPSA) is 104 Å². The van der Waals surface area contributed by atoms with Gasteiger partial charge >= 0.3 is 0 Å². The maximum atomic E-state index is 13.4. The average Bonchev–Trinajstić information content (AvgIpc) is 3.65. The van der Waals surface area contributed by atoms with Crippen molar-refractivity contribution in [1.29, 1.82) is 0 Å². The lowest BCUT2D eigenvalue weighted by Crippen LogP contribution is -2.27.